The molecule has 1 heterocycles. The number of anilines is 1. The van der Waals surface area contributed by atoms with Crippen LogP contribution in [-0.4, -0.2) is 21.7 Å². The molecule has 0 aliphatic heterocycles. The average Bonchev–Trinajstić information content (AvgIpc) is 2.32. The van der Waals surface area contributed by atoms with Gasteiger partial charge in [-0.05, 0) is 18.1 Å². The van der Waals surface area contributed by atoms with Crippen LogP contribution >= 0.6 is 0 Å². The van der Waals surface area contributed by atoms with E-state index in [0.29, 0.717) is 18.1 Å². The Hall–Kier alpha value is -2.14. The highest BCUT2D eigenvalue weighted by Crippen LogP contribution is 2.24. The highest BCUT2D eigenvalue weighted by Gasteiger charge is 2.05. The molecular formula is C12H13N3O2. The predicted octanol–water partition coefficient (Wildman–Crippen LogP) is 1.39. The summed E-state index contributed by atoms with van der Waals surface area (Å²) in [5.41, 5.74) is 6.39. The molecule has 3 N–H and O–H groups in total. The molecule has 0 saturated heterocycles. The number of nitrogen functional groups attached to an aromatic ring is 1. The topological polar surface area (TPSA) is 81.3 Å². The van der Waals surface area contributed by atoms with Crippen molar-refractivity contribution in [2.45, 2.75) is 6.42 Å². The van der Waals surface area contributed by atoms with Gasteiger partial charge in [0.2, 0.25) is 11.8 Å². The van der Waals surface area contributed by atoms with Gasteiger partial charge in [-0.2, -0.15) is 4.98 Å². The van der Waals surface area contributed by atoms with Crippen LogP contribution in [-0.2, 0) is 6.42 Å². The minimum Gasteiger partial charge on any atom is -0.439 e. The van der Waals surface area contributed by atoms with Crippen molar-refractivity contribution < 1.29 is 9.84 Å². The van der Waals surface area contributed by atoms with E-state index in [1.807, 2.05) is 24.3 Å². The second kappa shape index (κ2) is 5.27. The number of para-hydroxylation sites is 1. The average molecular weight is 231 g/mol. The van der Waals surface area contributed by atoms with Crippen LogP contribution in [0.4, 0.5) is 5.95 Å². The van der Waals surface area contributed by atoms with Crippen molar-refractivity contribution in [2.24, 2.45) is 0 Å². The van der Waals surface area contributed by atoms with Crippen LogP contribution in [0.3, 0.4) is 0 Å². The van der Waals surface area contributed by atoms with E-state index in [9.17, 15) is 0 Å². The Labute approximate surface area is 98.9 Å². The molecule has 2 aromatic rings. The van der Waals surface area contributed by atoms with Crippen molar-refractivity contribution >= 4 is 5.95 Å². The first-order valence-electron chi connectivity index (χ1n) is 5.25. The lowest BCUT2D eigenvalue weighted by Gasteiger charge is -2.09. The summed E-state index contributed by atoms with van der Waals surface area (Å²) in [5, 5.41) is 8.95. The minimum atomic E-state index is 0.0757. The Balaban J connectivity index is 2.23. The van der Waals surface area contributed by atoms with Gasteiger partial charge in [-0.15, -0.1) is 0 Å². The second-order valence-corrected chi connectivity index (χ2v) is 3.44. The van der Waals surface area contributed by atoms with Gasteiger partial charge in [0.25, 0.3) is 0 Å². The molecule has 0 amide bonds. The molecule has 5 heteroatoms. The highest BCUT2D eigenvalue weighted by molar-refractivity contribution is 5.36. The van der Waals surface area contributed by atoms with E-state index in [-0.39, 0.29) is 12.6 Å². The lowest BCUT2D eigenvalue weighted by molar-refractivity contribution is 0.297. The zero-order valence-corrected chi connectivity index (χ0v) is 9.21. The summed E-state index contributed by atoms with van der Waals surface area (Å²) in [5.74, 6) is 1.23. The van der Waals surface area contributed by atoms with Crippen LogP contribution in [0, 0.1) is 0 Å². The number of hydrogen-bond acceptors (Lipinski definition) is 5. The number of aliphatic hydroxyl groups excluding tert-OH is 1. The fourth-order valence-electron chi connectivity index (χ4n) is 1.46. The maximum Gasteiger partial charge on any atom is 0.224 e. The number of aliphatic hydroxyl groups is 1. The third kappa shape index (κ3) is 2.92. The first-order chi connectivity index (χ1) is 8.29. The Kier molecular flexibility index (Phi) is 3.52. The molecule has 0 fully saturated rings. The maximum absolute atomic E-state index is 8.95. The SMILES string of the molecule is Nc1nccc(Oc2ccccc2CCO)n1. The monoisotopic (exact) mass is 231 g/mol. The molecule has 0 spiro atoms. The number of rotatable bonds is 4. The molecule has 0 radical (unpaired) electrons. The highest BCUT2D eigenvalue weighted by atomic mass is 16.5. The quantitative estimate of drug-likeness (QED) is 0.830. The summed E-state index contributed by atoms with van der Waals surface area (Å²) in [4.78, 5) is 7.74. The lowest BCUT2D eigenvalue weighted by Crippen LogP contribution is -1.98. The molecule has 0 aliphatic rings. The van der Waals surface area contributed by atoms with Gasteiger partial charge in [0.15, 0.2) is 0 Å². The third-order valence-corrected chi connectivity index (χ3v) is 2.22. The Morgan fingerprint density at radius 3 is 2.82 bits per heavy atom. The Morgan fingerprint density at radius 2 is 2.06 bits per heavy atom. The summed E-state index contributed by atoms with van der Waals surface area (Å²) in [7, 11) is 0. The molecule has 88 valence electrons. The van der Waals surface area contributed by atoms with Gasteiger partial charge in [0, 0.05) is 18.9 Å². The lowest BCUT2D eigenvalue weighted by atomic mass is 10.1. The molecule has 0 saturated carbocycles. The predicted molar refractivity (Wildman–Crippen MR) is 63.8 cm³/mol. The Bertz CT molecular complexity index is 503. The van der Waals surface area contributed by atoms with E-state index in [4.69, 9.17) is 15.6 Å². The van der Waals surface area contributed by atoms with Crippen LogP contribution in [0.25, 0.3) is 0 Å². The zero-order chi connectivity index (χ0) is 12.1. The number of nitrogens with zero attached hydrogens (tertiary/aromatic N) is 2. The molecule has 2 rings (SSSR count). The van der Waals surface area contributed by atoms with Gasteiger partial charge in [-0.3, -0.25) is 0 Å². The number of ether oxygens (including phenoxy) is 1. The van der Waals surface area contributed by atoms with Crippen molar-refractivity contribution in [1.29, 1.82) is 0 Å². The standard InChI is InChI=1S/C12H13N3O2/c13-12-14-7-5-11(15-12)17-10-4-2-1-3-9(10)6-8-16/h1-5,7,16H,6,8H2,(H2,13,14,15). The molecule has 0 aliphatic carbocycles. The van der Waals surface area contributed by atoms with Gasteiger partial charge >= 0.3 is 0 Å². The first-order valence-corrected chi connectivity index (χ1v) is 5.25. The van der Waals surface area contributed by atoms with Crippen molar-refractivity contribution in [3.05, 3.63) is 42.1 Å². The molecule has 17 heavy (non-hydrogen) atoms. The molecule has 0 bridgehead atoms. The fraction of sp³-hybridized carbons (Fsp3) is 0.167. The third-order valence-electron chi connectivity index (χ3n) is 2.22. The van der Waals surface area contributed by atoms with Gasteiger partial charge in [-0.25, -0.2) is 4.98 Å². The Morgan fingerprint density at radius 1 is 1.24 bits per heavy atom. The first kappa shape index (κ1) is 11.3. The summed E-state index contributed by atoms with van der Waals surface area (Å²) >= 11 is 0. The van der Waals surface area contributed by atoms with E-state index in [1.165, 1.54) is 6.20 Å². The van der Waals surface area contributed by atoms with Crippen LogP contribution in [0.15, 0.2) is 36.5 Å². The molecular weight excluding hydrogens is 218 g/mol. The van der Waals surface area contributed by atoms with E-state index in [1.54, 1.807) is 6.07 Å². The minimum absolute atomic E-state index is 0.0757. The molecule has 5 nitrogen and oxygen atoms in total. The summed E-state index contributed by atoms with van der Waals surface area (Å²) in [6.07, 6.45) is 2.07. The maximum atomic E-state index is 8.95. The van der Waals surface area contributed by atoms with E-state index < -0.39 is 0 Å². The number of hydrogen-bond donors (Lipinski definition) is 2. The molecule has 1 aromatic carbocycles. The van der Waals surface area contributed by atoms with Crippen LogP contribution in [0.5, 0.6) is 11.6 Å². The normalized spacial score (nSPS) is 10.2. The fourth-order valence-corrected chi connectivity index (χ4v) is 1.46. The van der Waals surface area contributed by atoms with Crippen LogP contribution < -0.4 is 10.5 Å². The zero-order valence-electron chi connectivity index (χ0n) is 9.21. The number of benzene rings is 1. The van der Waals surface area contributed by atoms with Crippen molar-refractivity contribution in [3.63, 3.8) is 0 Å². The molecule has 1 aromatic heterocycles. The van der Waals surface area contributed by atoms with Crippen molar-refractivity contribution in [1.82, 2.24) is 9.97 Å². The van der Waals surface area contributed by atoms with Gasteiger partial charge in [0.1, 0.15) is 5.75 Å². The van der Waals surface area contributed by atoms with Crippen molar-refractivity contribution in [2.75, 3.05) is 12.3 Å². The van der Waals surface area contributed by atoms with E-state index >= 15 is 0 Å². The molecule has 0 atom stereocenters. The van der Waals surface area contributed by atoms with E-state index in [2.05, 4.69) is 9.97 Å². The van der Waals surface area contributed by atoms with Crippen LogP contribution in [0.2, 0.25) is 0 Å². The largest absolute Gasteiger partial charge is 0.439 e. The van der Waals surface area contributed by atoms with E-state index in [0.717, 1.165) is 5.56 Å². The van der Waals surface area contributed by atoms with Gasteiger partial charge < -0.3 is 15.6 Å². The summed E-state index contributed by atoms with van der Waals surface area (Å²) in [6, 6.07) is 9.11. The van der Waals surface area contributed by atoms with Crippen molar-refractivity contribution in [3.8, 4) is 11.6 Å². The second-order valence-electron chi connectivity index (χ2n) is 3.44. The summed E-state index contributed by atoms with van der Waals surface area (Å²) in [6.45, 7) is 0.0757. The molecule has 0 unspecified atom stereocenters. The van der Waals surface area contributed by atoms with Gasteiger partial charge in [0.05, 0.1) is 0 Å². The number of nitrogens with two attached hydrogens (primary N) is 1. The van der Waals surface area contributed by atoms with Crippen LogP contribution in [0.1, 0.15) is 5.56 Å². The van der Waals surface area contributed by atoms with Gasteiger partial charge in [-0.1, -0.05) is 18.2 Å². The summed E-state index contributed by atoms with van der Waals surface area (Å²) < 4.78 is 5.60. The number of aromatic nitrogens is 2. The smallest absolute Gasteiger partial charge is 0.224 e.